The minimum Gasteiger partial charge on any atom is -0.275 e. The van der Waals surface area contributed by atoms with Gasteiger partial charge in [0.1, 0.15) is 0 Å². The Morgan fingerprint density at radius 1 is 1.38 bits per heavy atom. The fraction of sp³-hybridized carbons (Fsp3) is 0.556. The molecule has 2 aromatic rings. The lowest BCUT2D eigenvalue weighted by Crippen LogP contribution is -2.40. The summed E-state index contributed by atoms with van der Waals surface area (Å²) in [6.07, 6.45) is 9.23. The summed E-state index contributed by atoms with van der Waals surface area (Å²) in [7, 11) is 0.786. The Labute approximate surface area is 146 Å². The van der Waals surface area contributed by atoms with E-state index in [0.717, 1.165) is 29.7 Å². The predicted molar refractivity (Wildman–Crippen MR) is 97.6 cm³/mol. The van der Waals surface area contributed by atoms with E-state index < -0.39 is 11.0 Å². The van der Waals surface area contributed by atoms with E-state index in [1.807, 2.05) is 52.5 Å². The van der Waals surface area contributed by atoms with Crippen LogP contribution >= 0.6 is 0 Å². The maximum Gasteiger partial charge on any atom is 0.0976 e. The fourth-order valence-corrected chi connectivity index (χ4v) is 3.80. The Morgan fingerprint density at radius 2 is 2.12 bits per heavy atom. The van der Waals surface area contributed by atoms with Crippen molar-refractivity contribution < 1.29 is 4.21 Å². The molecule has 0 aliphatic heterocycles. The molecular weight excluding hydrogens is 320 g/mol. The molecule has 1 saturated carbocycles. The Hall–Kier alpha value is -1.53. The van der Waals surface area contributed by atoms with Crippen LogP contribution in [-0.2, 0) is 18.0 Å². The molecule has 0 aromatic carbocycles. The van der Waals surface area contributed by atoms with E-state index >= 15 is 0 Å². The van der Waals surface area contributed by atoms with Crippen molar-refractivity contribution in [1.29, 1.82) is 0 Å². The van der Waals surface area contributed by atoms with Crippen molar-refractivity contribution in [3.05, 3.63) is 36.4 Å². The zero-order valence-corrected chi connectivity index (χ0v) is 15.6. The van der Waals surface area contributed by atoms with Gasteiger partial charge in [-0.2, -0.15) is 5.10 Å². The van der Waals surface area contributed by atoms with Crippen LogP contribution in [0.5, 0.6) is 0 Å². The van der Waals surface area contributed by atoms with Crippen molar-refractivity contribution in [2.75, 3.05) is 0 Å². The summed E-state index contributed by atoms with van der Waals surface area (Å²) >= 11 is 0. The highest BCUT2D eigenvalue weighted by Gasteiger charge is 2.34. The standard InChI is InChI=1S/C18H26N4OS/c1-18(2,3)24(23)21-16(13-7-5-8-13)17-15(9-6-10-19-17)14-11-20-22(4)12-14/h6,9-13,16,21H,5,7-8H2,1-4H3. The molecule has 0 bridgehead atoms. The van der Waals surface area contributed by atoms with Gasteiger partial charge in [-0.25, -0.2) is 8.93 Å². The van der Waals surface area contributed by atoms with Gasteiger partial charge < -0.3 is 0 Å². The number of nitrogens with zero attached hydrogens (tertiary/aromatic N) is 3. The normalized spacial score (nSPS) is 18.2. The first-order valence-electron chi connectivity index (χ1n) is 8.48. The molecule has 3 rings (SSSR count). The number of aromatic nitrogens is 3. The first kappa shape index (κ1) is 17.3. The first-order valence-corrected chi connectivity index (χ1v) is 9.63. The third kappa shape index (κ3) is 3.59. The largest absolute Gasteiger partial charge is 0.275 e. The number of aryl methyl sites for hydroxylation is 1. The Morgan fingerprint density at radius 3 is 2.67 bits per heavy atom. The summed E-state index contributed by atoms with van der Waals surface area (Å²) in [5.41, 5.74) is 3.10. The molecule has 0 radical (unpaired) electrons. The monoisotopic (exact) mass is 346 g/mol. The smallest absolute Gasteiger partial charge is 0.0976 e. The highest BCUT2D eigenvalue weighted by atomic mass is 32.2. The van der Waals surface area contributed by atoms with E-state index in [1.54, 1.807) is 4.68 Å². The summed E-state index contributed by atoms with van der Waals surface area (Å²) < 4.78 is 17.6. The second kappa shape index (κ2) is 6.76. The first-order chi connectivity index (χ1) is 11.4. The highest BCUT2D eigenvalue weighted by Crippen LogP contribution is 2.40. The van der Waals surface area contributed by atoms with E-state index in [4.69, 9.17) is 0 Å². The average molecular weight is 347 g/mol. The van der Waals surface area contributed by atoms with Crippen molar-refractivity contribution in [3.8, 4) is 11.1 Å². The van der Waals surface area contributed by atoms with Crippen LogP contribution in [0.2, 0.25) is 0 Å². The topological polar surface area (TPSA) is 59.8 Å². The molecule has 1 N–H and O–H groups in total. The van der Waals surface area contributed by atoms with Crippen molar-refractivity contribution in [2.45, 2.75) is 50.8 Å². The molecular formula is C18H26N4OS. The summed E-state index contributed by atoms with van der Waals surface area (Å²) in [5, 5.41) is 4.28. The maximum atomic E-state index is 12.7. The number of pyridine rings is 1. The van der Waals surface area contributed by atoms with Gasteiger partial charge >= 0.3 is 0 Å². The van der Waals surface area contributed by atoms with Gasteiger partial charge in [0.2, 0.25) is 0 Å². The molecule has 1 fully saturated rings. The lowest BCUT2D eigenvalue weighted by Gasteiger charge is -2.36. The second-order valence-corrected chi connectivity index (χ2v) is 9.50. The van der Waals surface area contributed by atoms with E-state index in [2.05, 4.69) is 20.9 Å². The van der Waals surface area contributed by atoms with Crippen LogP contribution < -0.4 is 4.72 Å². The van der Waals surface area contributed by atoms with Crippen LogP contribution in [0, 0.1) is 5.92 Å². The molecule has 0 amide bonds. The summed E-state index contributed by atoms with van der Waals surface area (Å²) in [6.45, 7) is 5.98. The van der Waals surface area contributed by atoms with Gasteiger partial charge in [-0.05, 0) is 45.6 Å². The Bertz CT molecular complexity index is 731. The van der Waals surface area contributed by atoms with Gasteiger partial charge in [0.25, 0.3) is 0 Å². The molecule has 1 aliphatic rings. The summed E-state index contributed by atoms with van der Waals surface area (Å²) in [6, 6.07) is 4.03. The third-order valence-corrected chi connectivity index (χ3v) is 6.14. The molecule has 0 saturated heterocycles. The molecule has 2 aromatic heterocycles. The lowest BCUT2D eigenvalue weighted by molar-refractivity contribution is 0.249. The minimum absolute atomic E-state index is 0.00946. The minimum atomic E-state index is -1.13. The quantitative estimate of drug-likeness (QED) is 0.903. The van der Waals surface area contributed by atoms with Crippen molar-refractivity contribution in [3.63, 3.8) is 0 Å². The number of rotatable bonds is 5. The van der Waals surface area contributed by atoms with E-state index in [-0.39, 0.29) is 10.8 Å². The van der Waals surface area contributed by atoms with E-state index in [0.29, 0.717) is 5.92 Å². The van der Waals surface area contributed by atoms with Crippen LogP contribution in [0.3, 0.4) is 0 Å². The number of hydrogen-bond donors (Lipinski definition) is 1. The maximum absolute atomic E-state index is 12.7. The Kier molecular flexibility index (Phi) is 4.88. The molecule has 2 unspecified atom stereocenters. The number of nitrogens with one attached hydrogen (secondary N) is 1. The molecule has 6 heteroatoms. The second-order valence-electron chi connectivity index (χ2n) is 7.51. The lowest BCUT2D eigenvalue weighted by atomic mass is 9.78. The zero-order chi connectivity index (χ0) is 17.3. The summed E-state index contributed by atoms with van der Waals surface area (Å²) in [5.74, 6) is 0.488. The third-order valence-electron chi connectivity index (χ3n) is 4.56. The zero-order valence-electron chi connectivity index (χ0n) is 14.8. The van der Waals surface area contributed by atoms with Crippen LogP contribution in [-0.4, -0.2) is 23.7 Å². The van der Waals surface area contributed by atoms with E-state index in [9.17, 15) is 4.21 Å². The number of hydrogen-bond acceptors (Lipinski definition) is 3. The molecule has 1 aliphatic carbocycles. The van der Waals surface area contributed by atoms with Crippen LogP contribution in [0.25, 0.3) is 11.1 Å². The van der Waals surface area contributed by atoms with Crippen LogP contribution in [0.1, 0.15) is 51.8 Å². The SMILES string of the molecule is Cn1cc(-c2cccnc2C(NS(=O)C(C)(C)C)C2CCC2)cn1. The molecule has 2 atom stereocenters. The van der Waals surface area contributed by atoms with Gasteiger partial charge in [-0.3, -0.25) is 9.67 Å². The molecule has 130 valence electrons. The van der Waals surface area contributed by atoms with Crippen molar-refractivity contribution in [1.82, 2.24) is 19.5 Å². The Balaban J connectivity index is 1.98. The fourth-order valence-electron chi connectivity index (χ4n) is 2.91. The molecule has 5 nitrogen and oxygen atoms in total. The van der Waals surface area contributed by atoms with Crippen molar-refractivity contribution in [2.24, 2.45) is 13.0 Å². The van der Waals surface area contributed by atoms with Gasteiger partial charge in [-0.15, -0.1) is 0 Å². The van der Waals surface area contributed by atoms with Gasteiger partial charge in [0.05, 0.1) is 33.7 Å². The van der Waals surface area contributed by atoms with E-state index in [1.165, 1.54) is 6.42 Å². The molecule has 0 spiro atoms. The van der Waals surface area contributed by atoms with Gasteiger partial charge in [0, 0.05) is 30.6 Å². The highest BCUT2D eigenvalue weighted by molar-refractivity contribution is 7.84. The average Bonchev–Trinajstić information content (AvgIpc) is 2.90. The van der Waals surface area contributed by atoms with Gasteiger partial charge in [-0.1, -0.05) is 12.5 Å². The van der Waals surface area contributed by atoms with Crippen LogP contribution in [0.15, 0.2) is 30.7 Å². The summed E-state index contributed by atoms with van der Waals surface area (Å²) in [4.78, 5) is 4.67. The van der Waals surface area contributed by atoms with Gasteiger partial charge in [0.15, 0.2) is 0 Å². The predicted octanol–water partition coefficient (Wildman–Crippen LogP) is 3.38. The molecule has 2 heterocycles. The van der Waals surface area contributed by atoms with Crippen molar-refractivity contribution >= 4 is 11.0 Å². The molecule has 24 heavy (non-hydrogen) atoms. The van der Waals surface area contributed by atoms with Crippen LogP contribution in [0.4, 0.5) is 0 Å².